The molecule has 0 saturated heterocycles. The topological polar surface area (TPSA) is 52.9 Å². The molecule has 1 rings (SSSR count). The van der Waals surface area contributed by atoms with Crippen molar-refractivity contribution in [3.05, 3.63) is 19.2 Å². The predicted octanol–water partition coefficient (Wildman–Crippen LogP) is 3.70. The van der Waals surface area contributed by atoms with Crippen molar-refractivity contribution >= 4 is 49.1 Å². The van der Waals surface area contributed by atoms with E-state index in [0.717, 1.165) is 14.7 Å². The van der Waals surface area contributed by atoms with Crippen molar-refractivity contribution < 1.29 is 4.79 Å². The number of hydrogen-bond donors (Lipinski definition) is 1. The Balaban J connectivity index is 2.68. The molecule has 0 spiro atoms. The first kappa shape index (κ1) is 13.7. The largest absolute Gasteiger partial charge is 0.348 e. The summed E-state index contributed by atoms with van der Waals surface area (Å²) in [4.78, 5) is 12.4. The smallest absolute Gasteiger partial charge is 0.261 e. The van der Waals surface area contributed by atoms with E-state index >= 15 is 0 Å². The minimum absolute atomic E-state index is 0.0721. The van der Waals surface area contributed by atoms with Crippen LogP contribution in [-0.4, -0.2) is 11.9 Å². The summed E-state index contributed by atoms with van der Waals surface area (Å²) < 4.78 is 1.77. The number of carbonyl (C=O) groups is 1. The fraction of sp³-hybridized carbons (Fsp3) is 0.400. The molecule has 0 aliphatic carbocycles. The molecule has 3 nitrogen and oxygen atoms in total. The van der Waals surface area contributed by atoms with Crippen LogP contribution in [0.4, 0.5) is 0 Å². The second-order valence-corrected chi connectivity index (χ2v) is 6.40. The van der Waals surface area contributed by atoms with E-state index in [1.165, 1.54) is 11.3 Å². The van der Waals surface area contributed by atoms with Crippen molar-refractivity contribution in [2.24, 2.45) is 0 Å². The van der Waals surface area contributed by atoms with E-state index < -0.39 is 0 Å². The molecule has 86 valence electrons. The van der Waals surface area contributed by atoms with Crippen molar-refractivity contribution in [1.29, 1.82) is 5.26 Å². The lowest BCUT2D eigenvalue weighted by Crippen LogP contribution is -2.33. The van der Waals surface area contributed by atoms with Gasteiger partial charge in [-0.25, -0.2) is 0 Å². The van der Waals surface area contributed by atoms with E-state index in [4.69, 9.17) is 5.26 Å². The van der Waals surface area contributed by atoms with Crippen LogP contribution in [0.5, 0.6) is 0 Å². The molecule has 0 aromatic carbocycles. The Morgan fingerprint density at radius 3 is 2.81 bits per heavy atom. The molecular weight excluding hydrogens is 356 g/mol. The van der Waals surface area contributed by atoms with Crippen LogP contribution in [0, 0.1) is 11.3 Å². The first-order valence-electron chi connectivity index (χ1n) is 4.71. The maximum atomic E-state index is 11.8. The van der Waals surface area contributed by atoms with Crippen LogP contribution in [0.15, 0.2) is 14.3 Å². The maximum Gasteiger partial charge on any atom is 0.261 e. The van der Waals surface area contributed by atoms with Crippen molar-refractivity contribution in [3.8, 4) is 6.07 Å². The second kappa shape index (κ2) is 6.38. The number of nitrogens with zero attached hydrogens (tertiary/aromatic N) is 1. The number of thiophene rings is 1. The van der Waals surface area contributed by atoms with Gasteiger partial charge in [0.1, 0.15) is 0 Å². The summed E-state index contributed by atoms with van der Waals surface area (Å²) >= 11 is 8.04. The number of carbonyl (C=O) groups excluding carboxylic acids is 1. The molecule has 1 unspecified atom stereocenters. The molecule has 1 N–H and O–H groups in total. The van der Waals surface area contributed by atoms with Gasteiger partial charge in [-0.1, -0.05) is 6.92 Å². The number of nitriles is 1. The number of amides is 1. The standard InChI is InChI=1S/C10H10Br2N2OS/c1-2-6(3-4-13)14-10(15)8-5-7(11)9(12)16-8/h5-6H,2-3H2,1H3,(H,14,15). The average molecular weight is 366 g/mol. The minimum atomic E-state index is -0.126. The number of rotatable bonds is 4. The van der Waals surface area contributed by atoms with Gasteiger partial charge in [-0.15, -0.1) is 11.3 Å². The summed E-state index contributed by atoms with van der Waals surface area (Å²) in [7, 11) is 0. The Morgan fingerprint density at radius 1 is 1.69 bits per heavy atom. The third-order valence-electron chi connectivity index (χ3n) is 2.03. The molecule has 0 saturated carbocycles. The molecule has 1 heterocycles. The van der Waals surface area contributed by atoms with Crippen molar-refractivity contribution in [2.45, 2.75) is 25.8 Å². The highest BCUT2D eigenvalue weighted by Crippen LogP contribution is 2.32. The van der Waals surface area contributed by atoms with Crippen LogP contribution >= 0.6 is 43.2 Å². The number of halogens is 2. The fourth-order valence-corrected chi connectivity index (χ4v) is 3.06. The molecule has 1 amide bonds. The number of hydrogen-bond acceptors (Lipinski definition) is 3. The summed E-state index contributed by atoms with van der Waals surface area (Å²) in [5.41, 5.74) is 0. The van der Waals surface area contributed by atoms with Crippen LogP contribution in [0.1, 0.15) is 29.4 Å². The van der Waals surface area contributed by atoms with E-state index in [2.05, 4.69) is 43.2 Å². The predicted molar refractivity (Wildman–Crippen MR) is 71.5 cm³/mol. The summed E-state index contributed by atoms with van der Waals surface area (Å²) in [6.07, 6.45) is 1.10. The van der Waals surface area contributed by atoms with Gasteiger partial charge >= 0.3 is 0 Å². The lowest BCUT2D eigenvalue weighted by Gasteiger charge is -2.12. The summed E-state index contributed by atoms with van der Waals surface area (Å²) in [6, 6.07) is 3.76. The van der Waals surface area contributed by atoms with Crippen molar-refractivity contribution in [3.63, 3.8) is 0 Å². The highest BCUT2D eigenvalue weighted by molar-refractivity contribution is 9.13. The fourth-order valence-electron chi connectivity index (χ4n) is 1.12. The highest BCUT2D eigenvalue weighted by Gasteiger charge is 2.15. The summed E-state index contributed by atoms with van der Waals surface area (Å²) in [5.74, 6) is -0.126. The van der Waals surface area contributed by atoms with Gasteiger partial charge in [-0.2, -0.15) is 5.26 Å². The molecule has 0 radical (unpaired) electrons. The van der Waals surface area contributed by atoms with Crippen LogP contribution < -0.4 is 5.32 Å². The zero-order chi connectivity index (χ0) is 12.1. The Kier molecular flexibility index (Phi) is 5.46. The molecule has 0 fully saturated rings. The zero-order valence-corrected chi connectivity index (χ0v) is 12.6. The Bertz CT molecular complexity index is 405. The first-order chi connectivity index (χ1) is 7.58. The number of nitrogens with one attached hydrogen (secondary N) is 1. The van der Waals surface area contributed by atoms with E-state index in [9.17, 15) is 4.79 Å². The van der Waals surface area contributed by atoms with Gasteiger partial charge in [0.25, 0.3) is 5.91 Å². The SMILES string of the molecule is CCC(CC#N)NC(=O)c1cc(Br)c(Br)s1. The molecular formula is C10H10Br2N2OS. The zero-order valence-electron chi connectivity index (χ0n) is 8.59. The quantitative estimate of drug-likeness (QED) is 0.884. The molecule has 16 heavy (non-hydrogen) atoms. The molecule has 1 aromatic heterocycles. The van der Waals surface area contributed by atoms with E-state index in [1.54, 1.807) is 6.07 Å². The van der Waals surface area contributed by atoms with E-state index in [1.807, 2.05) is 6.92 Å². The van der Waals surface area contributed by atoms with Gasteiger partial charge in [-0.3, -0.25) is 4.79 Å². The van der Waals surface area contributed by atoms with Gasteiger partial charge in [0, 0.05) is 10.5 Å². The summed E-state index contributed by atoms with van der Waals surface area (Å²) in [6.45, 7) is 1.95. The van der Waals surface area contributed by atoms with Crippen LogP contribution in [0.3, 0.4) is 0 Å². The van der Waals surface area contributed by atoms with Crippen LogP contribution in [0.25, 0.3) is 0 Å². The van der Waals surface area contributed by atoms with Gasteiger partial charge in [0.15, 0.2) is 0 Å². The Morgan fingerprint density at radius 2 is 2.38 bits per heavy atom. The Labute approximate surface area is 115 Å². The summed E-state index contributed by atoms with van der Waals surface area (Å²) in [5, 5.41) is 11.4. The molecule has 0 aliphatic rings. The maximum absolute atomic E-state index is 11.8. The van der Waals surface area contributed by atoms with Gasteiger partial charge in [0.2, 0.25) is 0 Å². The van der Waals surface area contributed by atoms with Gasteiger partial charge in [-0.05, 0) is 44.3 Å². The second-order valence-electron chi connectivity index (χ2n) is 3.17. The molecule has 1 atom stereocenters. The minimum Gasteiger partial charge on any atom is -0.348 e. The van der Waals surface area contributed by atoms with Gasteiger partial charge in [0.05, 0.1) is 21.2 Å². The van der Waals surface area contributed by atoms with Gasteiger partial charge < -0.3 is 5.32 Å². The average Bonchev–Trinajstić information content (AvgIpc) is 2.58. The monoisotopic (exact) mass is 364 g/mol. The lowest BCUT2D eigenvalue weighted by molar-refractivity contribution is 0.0940. The Hall–Kier alpha value is -0.380. The normalized spacial score (nSPS) is 11.9. The third kappa shape index (κ3) is 3.58. The van der Waals surface area contributed by atoms with Crippen LogP contribution in [-0.2, 0) is 0 Å². The van der Waals surface area contributed by atoms with E-state index in [-0.39, 0.29) is 11.9 Å². The highest BCUT2D eigenvalue weighted by atomic mass is 79.9. The molecule has 6 heteroatoms. The molecule has 1 aromatic rings. The first-order valence-corrected chi connectivity index (χ1v) is 7.11. The van der Waals surface area contributed by atoms with E-state index in [0.29, 0.717) is 11.3 Å². The lowest BCUT2D eigenvalue weighted by atomic mass is 10.1. The molecule has 0 aliphatic heterocycles. The third-order valence-corrected chi connectivity index (χ3v) is 5.29. The van der Waals surface area contributed by atoms with Crippen molar-refractivity contribution in [2.75, 3.05) is 0 Å². The van der Waals surface area contributed by atoms with Crippen molar-refractivity contribution in [1.82, 2.24) is 5.32 Å². The molecule has 0 bridgehead atoms. The van der Waals surface area contributed by atoms with Crippen LogP contribution in [0.2, 0.25) is 0 Å².